The van der Waals surface area contributed by atoms with Crippen LogP contribution in [0.1, 0.15) is 6.92 Å². The van der Waals surface area contributed by atoms with E-state index in [4.69, 9.17) is 28.3 Å². The molecule has 0 aliphatic heterocycles. The van der Waals surface area contributed by atoms with Crippen molar-refractivity contribution in [1.29, 1.82) is 0 Å². The Morgan fingerprint density at radius 3 is 0.865 bits per heavy atom. The van der Waals surface area contributed by atoms with Crippen LogP contribution in [0.25, 0.3) is 0 Å². The molecule has 3 nitrogen and oxygen atoms in total. The van der Waals surface area contributed by atoms with Gasteiger partial charge in [0.15, 0.2) is 0 Å². The van der Waals surface area contributed by atoms with Crippen LogP contribution in [0, 0.1) is 0 Å². The molecule has 0 heterocycles. The van der Waals surface area contributed by atoms with Crippen LogP contribution < -0.4 is 0 Å². The number of ether oxygens (including phenoxy) is 2. The molecule has 0 rings (SSSR count). The highest BCUT2D eigenvalue weighted by Crippen LogP contribution is 2.55. The molecule has 0 aromatic heterocycles. The van der Waals surface area contributed by atoms with Crippen molar-refractivity contribution in [3.05, 3.63) is 0 Å². The SMILES string of the molecule is CCO.COC(F)(F)C(F)(C(F)(F)F)C(F)(F)F.COC(F)(F)C(F)(F)C(F)(F)C(F)(F)F.ClCCCl. The predicted molar refractivity (Wildman–Crippen MR) is 90.0 cm³/mol. The Hall–Kier alpha value is -0.800. The number of alkyl halides is 20. The van der Waals surface area contributed by atoms with Crippen molar-refractivity contribution >= 4 is 23.2 Å². The van der Waals surface area contributed by atoms with Crippen LogP contribution in [0.2, 0.25) is 0 Å². The molecule has 23 heteroatoms. The van der Waals surface area contributed by atoms with Gasteiger partial charge in [-0.25, -0.2) is 4.39 Å². The third kappa shape index (κ3) is 10.7. The summed E-state index contributed by atoms with van der Waals surface area (Å²) in [6.07, 6.45) is -32.5. The van der Waals surface area contributed by atoms with E-state index in [0.29, 0.717) is 11.8 Å². The Bertz CT molecular complexity index is 602. The van der Waals surface area contributed by atoms with E-state index in [-0.39, 0.29) is 20.8 Å². The standard InChI is InChI=1S/2C5H3F9O.C2H4Cl2.C2H6O/c1-15-5(13,14)3(8,9)2(6,7)4(10,11)12;1-15-5(13,14)2(6,3(7,8)9)4(10,11)12;3-1-2-4;1-2-3/h2*1H3;1-2H2;3H,2H2,1H3. The van der Waals surface area contributed by atoms with Crippen LogP contribution >= 0.6 is 23.2 Å². The molecule has 0 bridgehead atoms. The predicted octanol–water partition coefficient (Wildman–Crippen LogP) is 7.58. The molecule has 0 atom stereocenters. The van der Waals surface area contributed by atoms with Crippen LogP contribution in [-0.4, -0.2) is 86.0 Å². The zero-order valence-electron chi connectivity index (χ0n) is 17.9. The smallest absolute Gasteiger partial charge is 0.397 e. The maximum Gasteiger partial charge on any atom is 0.460 e. The zero-order valence-corrected chi connectivity index (χ0v) is 19.5. The Morgan fingerprint density at radius 1 is 0.514 bits per heavy atom. The van der Waals surface area contributed by atoms with E-state index < -0.39 is 48.3 Å². The average Bonchev–Trinajstić information content (AvgIpc) is 2.71. The van der Waals surface area contributed by atoms with Crippen molar-refractivity contribution in [2.45, 2.75) is 55.2 Å². The first-order chi connectivity index (χ1) is 15.9. The number of hydrogen-bond donors (Lipinski definition) is 1. The first kappa shape index (κ1) is 43.3. The summed E-state index contributed by atoms with van der Waals surface area (Å²) in [6.45, 7) is 1.93. The highest BCUT2D eigenvalue weighted by molar-refractivity contribution is 6.25. The van der Waals surface area contributed by atoms with Gasteiger partial charge >= 0.3 is 48.3 Å². The molecule has 0 aromatic carbocycles. The molecular weight excluding hydrogens is 629 g/mol. The summed E-state index contributed by atoms with van der Waals surface area (Å²) in [5, 5.41) is 7.57. The quantitative estimate of drug-likeness (QED) is 0.239. The summed E-state index contributed by atoms with van der Waals surface area (Å²) in [5.74, 6) is -12.5. The van der Waals surface area contributed by atoms with E-state index in [0.717, 1.165) is 0 Å². The fourth-order valence-electron chi connectivity index (χ4n) is 1.12. The molecule has 0 radical (unpaired) electrons. The molecular formula is C14H16Cl2F18O3. The number of aliphatic hydroxyl groups excluding tert-OH is 1. The first-order valence-corrected chi connectivity index (χ1v) is 9.25. The molecule has 0 aliphatic carbocycles. The van der Waals surface area contributed by atoms with Crippen molar-refractivity contribution in [1.82, 2.24) is 0 Å². The molecule has 37 heavy (non-hydrogen) atoms. The van der Waals surface area contributed by atoms with E-state index >= 15 is 0 Å². The van der Waals surface area contributed by atoms with Gasteiger partial charge in [0.05, 0.1) is 0 Å². The summed E-state index contributed by atoms with van der Waals surface area (Å²) in [5.41, 5.74) is -6.73. The molecule has 1 N–H and O–H groups in total. The van der Waals surface area contributed by atoms with E-state index in [9.17, 15) is 79.0 Å². The average molecular weight is 645 g/mol. The number of halogens is 20. The van der Waals surface area contributed by atoms with E-state index in [1.807, 2.05) is 0 Å². The van der Waals surface area contributed by atoms with Gasteiger partial charge in [-0.3, -0.25) is 0 Å². The van der Waals surface area contributed by atoms with Gasteiger partial charge < -0.3 is 14.6 Å². The minimum absolute atomic E-state index is 0.125. The zero-order chi connectivity index (χ0) is 31.5. The Morgan fingerprint density at radius 2 is 0.757 bits per heavy atom. The summed E-state index contributed by atoms with van der Waals surface area (Å²) < 4.78 is 218. The van der Waals surface area contributed by atoms with Gasteiger partial charge in [-0.2, -0.15) is 74.6 Å². The summed E-state index contributed by atoms with van der Waals surface area (Å²) in [7, 11) is -0.299. The Labute approximate surface area is 205 Å². The monoisotopic (exact) mass is 644 g/mol. The number of methoxy groups -OCH3 is 2. The normalized spacial score (nSPS) is 13.9. The lowest BCUT2D eigenvalue weighted by atomic mass is 10.0. The summed E-state index contributed by atoms with van der Waals surface area (Å²) >= 11 is 10.1. The van der Waals surface area contributed by atoms with Crippen molar-refractivity contribution in [3.63, 3.8) is 0 Å². The Kier molecular flexibility index (Phi) is 17.7. The van der Waals surface area contributed by atoms with Gasteiger partial charge in [0.2, 0.25) is 0 Å². The van der Waals surface area contributed by atoms with Crippen LogP contribution in [0.3, 0.4) is 0 Å². The second-order valence-electron chi connectivity index (χ2n) is 5.44. The fraction of sp³-hybridized carbons (Fsp3) is 1.00. The third-order valence-electron chi connectivity index (χ3n) is 2.88. The second-order valence-corrected chi connectivity index (χ2v) is 6.19. The van der Waals surface area contributed by atoms with Gasteiger partial charge in [-0.15, -0.1) is 23.2 Å². The van der Waals surface area contributed by atoms with E-state index in [2.05, 4.69) is 9.47 Å². The second kappa shape index (κ2) is 15.1. The van der Waals surface area contributed by atoms with Gasteiger partial charge in [0, 0.05) is 32.6 Å². The van der Waals surface area contributed by atoms with Crippen molar-refractivity contribution in [2.75, 3.05) is 32.6 Å². The van der Waals surface area contributed by atoms with E-state index in [1.54, 1.807) is 6.92 Å². The third-order valence-corrected chi connectivity index (χ3v) is 3.45. The van der Waals surface area contributed by atoms with Crippen molar-refractivity contribution in [3.8, 4) is 0 Å². The van der Waals surface area contributed by atoms with Gasteiger partial charge in [-0.05, 0) is 6.92 Å². The summed E-state index contributed by atoms with van der Waals surface area (Å²) in [6, 6.07) is 0. The van der Waals surface area contributed by atoms with Gasteiger partial charge in [0.25, 0.3) is 0 Å². The lowest BCUT2D eigenvalue weighted by Gasteiger charge is -2.34. The molecule has 0 aromatic rings. The maximum atomic E-state index is 12.5. The Balaban J connectivity index is -0.000000235. The van der Waals surface area contributed by atoms with Gasteiger partial charge in [0.1, 0.15) is 0 Å². The van der Waals surface area contributed by atoms with Crippen LogP contribution in [-0.2, 0) is 9.47 Å². The number of aliphatic hydroxyl groups is 1. The minimum Gasteiger partial charge on any atom is -0.397 e. The van der Waals surface area contributed by atoms with Crippen molar-refractivity contribution < 1.29 is 93.6 Å². The molecule has 0 aliphatic rings. The van der Waals surface area contributed by atoms with E-state index in [1.165, 1.54) is 0 Å². The van der Waals surface area contributed by atoms with Crippen LogP contribution in [0.15, 0.2) is 0 Å². The van der Waals surface area contributed by atoms with Gasteiger partial charge in [-0.1, -0.05) is 0 Å². The number of hydrogen-bond acceptors (Lipinski definition) is 3. The molecule has 0 fully saturated rings. The minimum atomic E-state index is -6.89. The largest absolute Gasteiger partial charge is 0.460 e. The fourth-order valence-corrected chi connectivity index (χ4v) is 1.12. The highest BCUT2D eigenvalue weighted by atomic mass is 35.5. The molecule has 230 valence electrons. The summed E-state index contributed by atoms with van der Waals surface area (Å²) in [4.78, 5) is 0. The van der Waals surface area contributed by atoms with Crippen LogP contribution in [0.5, 0.6) is 0 Å². The molecule has 0 saturated heterocycles. The molecule has 0 unspecified atom stereocenters. The topological polar surface area (TPSA) is 38.7 Å². The highest BCUT2D eigenvalue weighted by Gasteiger charge is 2.85. The lowest BCUT2D eigenvalue weighted by Crippen LogP contribution is -2.65. The molecule has 0 saturated carbocycles. The first-order valence-electron chi connectivity index (χ1n) is 8.18. The van der Waals surface area contributed by atoms with Crippen molar-refractivity contribution in [2.24, 2.45) is 0 Å². The lowest BCUT2D eigenvalue weighted by molar-refractivity contribution is -0.445. The molecule has 0 amide bonds. The molecule has 0 spiro atoms. The maximum absolute atomic E-state index is 12.5. The number of rotatable bonds is 6. The van der Waals surface area contributed by atoms with Crippen LogP contribution in [0.4, 0.5) is 79.0 Å².